The maximum absolute atomic E-state index is 13.3. The summed E-state index contributed by atoms with van der Waals surface area (Å²) in [6.07, 6.45) is 0.804. The SMILES string of the molecule is CC(=O)c1ccc(NC(=O)C2CCC(=O)N(c3ccc(C)cc3)C2c2cccs2)cc1. The molecule has 0 bridgehead atoms. The van der Waals surface area contributed by atoms with E-state index >= 15 is 0 Å². The second-order valence-electron chi connectivity index (χ2n) is 7.83. The monoisotopic (exact) mass is 432 g/mol. The van der Waals surface area contributed by atoms with Crippen LogP contribution in [0.4, 0.5) is 11.4 Å². The van der Waals surface area contributed by atoms with Crippen LogP contribution in [0.1, 0.15) is 46.6 Å². The van der Waals surface area contributed by atoms with Crippen LogP contribution in [0.25, 0.3) is 0 Å². The number of Topliss-reactive ketones (excluding diaryl/α,β-unsaturated/α-hetero) is 1. The minimum atomic E-state index is -0.384. The van der Waals surface area contributed by atoms with Gasteiger partial charge in [-0.2, -0.15) is 0 Å². The van der Waals surface area contributed by atoms with Gasteiger partial charge in [-0.3, -0.25) is 14.4 Å². The Morgan fingerprint density at radius 2 is 1.74 bits per heavy atom. The number of carbonyl (C=O) groups excluding carboxylic acids is 3. The van der Waals surface area contributed by atoms with Crippen LogP contribution < -0.4 is 10.2 Å². The highest BCUT2D eigenvalue weighted by molar-refractivity contribution is 7.10. The quantitative estimate of drug-likeness (QED) is 0.550. The van der Waals surface area contributed by atoms with Crippen molar-refractivity contribution in [2.75, 3.05) is 10.2 Å². The van der Waals surface area contributed by atoms with Gasteiger partial charge in [0.2, 0.25) is 11.8 Å². The number of amides is 2. The summed E-state index contributed by atoms with van der Waals surface area (Å²) in [5.41, 5.74) is 3.16. The number of rotatable bonds is 5. The lowest BCUT2D eigenvalue weighted by molar-refractivity contribution is -0.125. The van der Waals surface area contributed by atoms with Gasteiger partial charge in [-0.15, -0.1) is 11.3 Å². The van der Waals surface area contributed by atoms with E-state index in [4.69, 9.17) is 0 Å². The van der Waals surface area contributed by atoms with Crippen LogP contribution >= 0.6 is 11.3 Å². The summed E-state index contributed by atoms with van der Waals surface area (Å²) in [5.74, 6) is -0.504. The summed E-state index contributed by atoms with van der Waals surface area (Å²) in [5, 5.41) is 4.95. The molecule has 0 radical (unpaired) electrons. The average molecular weight is 433 g/mol. The Morgan fingerprint density at radius 3 is 2.35 bits per heavy atom. The topological polar surface area (TPSA) is 66.5 Å². The molecule has 1 aliphatic heterocycles. The maximum atomic E-state index is 13.3. The van der Waals surface area contributed by atoms with Gasteiger partial charge in [0.15, 0.2) is 5.78 Å². The number of thiophene rings is 1. The van der Waals surface area contributed by atoms with Crippen LogP contribution in [0, 0.1) is 12.8 Å². The van der Waals surface area contributed by atoms with E-state index in [9.17, 15) is 14.4 Å². The molecule has 31 heavy (non-hydrogen) atoms. The molecule has 2 amide bonds. The second-order valence-corrected chi connectivity index (χ2v) is 8.81. The Hall–Kier alpha value is -3.25. The largest absolute Gasteiger partial charge is 0.326 e. The highest BCUT2D eigenvalue weighted by Gasteiger charge is 2.42. The van der Waals surface area contributed by atoms with Gasteiger partial charge in [0, 0.05) is 28.2 Å². The molecular formula is C25H24N2O3S. The number of nitrogens with zero attached hydrogens (tertiary/aromatic N) is 1. The molecule has 0 saturated carbocycles. The normalized spacial score (nSPS) is 18.6. The molecule has 2 unspecified atom stereocenters. The van der Waals surface area contributed by atoms with Gasteiger partial charge in [0.1, 0.15) is 0 Å². The zero-order valence-corrected chi connectivity index (χ0v) is 18.3. The van der Waals surface area contributed by atoms with Crippen molar-refractivity contribution in [2.45, 2.75) is 32.7 Å². The second kappa shape index (κ2) is 8.86. The third-order valence-corrected chi connectivity index (χ3v) is 6.58. The number of hydrogen-bond acceptors (Lipinski definition) is 4. The first-order valence-electron chi connectivity index (χ1n) is 10.3. The Bertz CT molecular complexity index is 1090. The fraction of sp³-hybridized carbons (Fsp3) is 0.240. The van der Waals surface area contributed by atoms with E-state index in [1.165, 1.54) is 6.92 Å². The zero-order chi connectivity index (χ0) is 22.0. The van der Waals surface area contributed by atoms with Crippen molar-refractivity contribution in [1.82, 2.24) is 0 Å². The van der Waals surface area contributed by atoms with Crippen LogP contribution in [0.2, 0.25) is 0 Å². The van der Waals surface area contributed by atoms with Crippen LogP contribution in [-0.2, 0) is 9.59 Å². The third kappa shape index (κ3) is 4.44. The van der Waals surface area contributed by atoms with Crippen molar-refractivity contribution < 1.29 is 14.4 Å². The molecule has 1 N–H and O–H groups in total. The van der Waals surface area contributed by atoms with E-state index in [-0.39, 0.29) is 29.6 Å². The van der Waals surface area contributed by atoms with E-state index in [0.717, 1.165) is 16.1 Å². The highest BCUT2D eigenvalue weighted by atomic mass is 32.1. The van der Waals surface area contributed by atoms with Gasteiger partial charge in [0.05, 0.1) is 12.0 Å². The summed E-state index contributed by atoms with van der Waals surface area (Å²) < 4.78 is 0. The van der Waals surface area contributed by atoms with Crippen molar-refractivity contribution >= 4 is 40.3 Å². The first-order chi connectivity index (χ1) is 14.9. The number of hydrogen-bond donors (Lipinski definition) is 1. The van der Waals surface area contributed by atoms with Crippen molar-refractivity contribution in [3.8, 4) is 0 Å². The zero-order valence-electron chi connectivity index (χ0n) is 17.5. The van der Waals surface area contributed by atoms with E-state index < -0.39 is 0 Å². The molecule has 1 aliphatic rings. The summed E-state index contributed by atoms with van der Waals surface area (Å²) in [4.78, 5) is 40.6. The third-order valence-electron chi connectivity index (χ3n) is 5.64. The maximum Gasteiger partial charge on any atom is 0.229 e. The summed E-state index contributed by atoms with van der Waals surface area (Å²) in [6, 6.07) is 18.3. The molecule has 1 aromatic heterocycles. The predicted molar refractivity (Wildman–Crippen MR) is 124 cm³/mol. The lowest BCUT2D eigenvalue weighted by atomic mass is 9.86. The van der Waals surface area contributed by atoms with Crippen LogP contribution in [0.3, 0.4) is 0 Å². The van der Waals surface area contributed by atoms with Gasteiger partial charge >= 0.3 is 0 Å². The van der Waals surface area contributed by atoms with Gasteiger partial charge < -0.3 is 10.2 Å². The Labute approximate surface area is 185 Å². The smallest absolute Gasteiger partial charge is 0.229 e. The van der Waals surface area contributed by atoms with Gasteiger partial charge in [-0.1, -0.05) is 23.8 Å². The van der Waals surface area contributed by atoms with Gasteiger partial charge in [-0.05, 0) is 68.1 Å². The molecule has 3 aromatic rings. The molecular weight excluding hydrogens is 408 g/mol. The molecule has 0 spiro atoms. The van der Waals surface area contributed by atoms with E-state index in [1.807, 2.05) is 48.7 Å². The Balaban J connectivity index is 1.65. The molecule has 6 heteroatoms. The number of benzene rings is 2. The molecule has 1 saturated heterocycles. The van der Waals surface area contributed by atoms with Gasteiger partial charge in [-0.25, -0.2) is 0 Å². The molecule has 1 fully saturated rings. The average Bonchev–Trinajstić information content (AvgIpc) is 3.29. The van der Waals surface area contributed by atoms with Crippen LogP contribution in [0.15, 0.2) is 66.0 Å². The number of piperidine rings is 1. The predicted octanol–water partition coefficient (Wildman–Crippen LogP) is 5.38. The van der Waals surface area contributed by atoms with Crippen molar-refractivity contribution in [1.29, 1.82) is 0 Å². The minimum absolute atomic E-state index is 0.0184. The number of anilines is 2. The first kappa shape index (κ1) is 21.0. The minimum Gasteiger partial charge on any atom is -0.326 e. The Morgan fingerprint density at radius 1 is 1.03 bits per heavy atom. The standard InChI is InChI=1S/C25H24N2O3S/c1-16-5-11-20(12-6-16)27-23(29)14-13-21(24(27)22-4-3-15-31-22)25(30)26-19-9-7-18(8-10-19)17(2)28/h3-12,15,21,24H,13-14H2,1-2H3,(H,26,30). The molecule has 2 atom stereocenters. The number of nitrogens with one attached hydrogen (secondary N) is 1. The summed E-state index contributed by atoms with van der Waals surface area (Å²) in [6.45, 7) is 3.52. The number of carbonyl (C=O) groups is 3. The number of ketones is 1. The molecule has 0 aliphatic carbocycles. The van der Waals surface area contributed by atoms with E-state index in [0.29, 0.717) is 24.1 Å². The fourth-order valence-corrected chi connectivity index (χ4v) is 4.87. The summed E-state index contributed by atoms with van der Waals surface area (Å²) >= 11 is 1.55. The lowest BCUT2D eigenvalue weighted by Crippen LogP contribution is -2.46. The number of aryl methyl sites for hydroxylation is 1. The molecule has 5 nitrogen and oxygen atoms in total. The molecule has 4 rings (SSSR count). The van der Waals surface area contributed by atoms with E-state index in [2.05, 4.69) is 5.32 Å². The molecule has 158 valence electrons. The fourth-order valence-electron chi connectivity index (χ4n) is 3.99. The van der Waals surface area contributed by atoms with Crippen molar-refractivity contribution in [3.05, 3.63) is 82.0 Å². The van der Waals surface area contributed by atoms with Crippen molar-refractivity contribution in [2.24, 2.45) is 5.92 Å². The van der Waals surface area contributed by atoms with E-state index in [1.54, 1.807) is 40.5 Å². The lowest BCUT2D eigenvalue weighted by Gasteiger charge is -2.40. The first-order valence-corrected chi connectivity index (χ1v) is 11.2. The molecule has 2 aromatic carbocycles. The van der Waals surface area contributed by atoms with Crippen LogP contribution in [0.5, 0.6) is 0 Å². The van der Waals surface area contributed by atoms with Crippen molar-refractivity contribution in [3.63, 3.8) is 0 Å². The molecule has 2 heterocycles. The van der Waals surface area contributed by atoms with Gasteiger partial charge in [0.25, 0.3) is 0 Å². The van der Waals surface area contributed by atoms with Crippen LogP contribution in [-0.4, -0.2) is 17.6 Å². The highest BCUT2D eigenvalue weighted by Crippen LogP contribution is 2.42. The Kier molecular flexibility index (Phi) is 6.00. The summed E-state index contributed by atoms with van der Waals surface area (Å²) in [7, 11) is 0.